The number of alkyl carbamates (subject to hydrolysis) is 1. The number of benzene rings is 3. The summed E-state index contributed by atoms with van der Waals surface area (Å²) in [4.78, 5) is 35.1. The maximum absolute atomic E-state index is 12.2. The zero-order valence-corrected chi connectivity index (χ0v) is 18.6. The summed E-state index contributed by atoms with van der Waals surface area (Å²) in [6.45, 7) is 0.900. The first-order valence-corrected chi connectivity index (χ1v) is 11.2. The van der Waals surface area contributed by atoms with Crippen LogP contribution in [0.3, 0.4) is 0 Å². The van der Waals surface area contributed by atoms with Crippen molar-refractivity contribution in [2.75, 3.05) is 13.2 Å². The lowest BCUT2D eigenvalue weighted by atomic mass is 9.98. The van der Waals surface area contributed by atoms with E-state index in [1.54, 1.807) is 12.1 Å². The normalized spacial score (nSPS) is 11.9. The van der Waals surface area contributed by atoms with Crippen molar-refractivity contribution in [2.45, 2.75) is 25.3 Å². The number of hydrogen-bond donors (Lipinski definition) is 3. The van der Waals surface area contributed by atoms with Crippen LogP contribution >= 0.6 is 0 Å². The molecule has 7 nitrogen and oxygen atoms in total. The largest absolute Gasteiger partial charge is 0.478 e. The molecule has 0 saturated carbocycles. The number of fused-ring (bicyclic) bond motifs is 3. The van der Waals surface area contributed by atoms with E-state index in [1.807, 2.05) is 24.3 Å². The van der Waals surface area contributed by atoms with Crippen LogP contribution in [0.25, 0.3) is 11.1 Å². The van der Waals surface area contributed by atoms with Crippen LogP contribution in [0.4, 0.5) is 4.79 Å². The molecule has 0 aliphatic heterocycles. The van der Waals surface area contributed by atoms with Gasteiger partial charge in [0.15, 0.2) is 0 Å². The van der Waals surface area contributed by atoms with Gasteiger partial charge in [0.25, 0.3) is 0 Å². The lowest BCUT2D eigenvalue weighted by Gasteiger charge is -2.14. The van der Waals surface area contributed by atoms with Crippen molar-refractivity contribution in [1.82, 2.24) is 10.6 Å². The van der Waals surface area contributed by atoms with Gasteiger partial charge in [0, 0.05) is 25.4 Å². The van der Waals surface area contributed by atoms with E-state index in [-0.39, 0.29) is 30.4 Å². The number of carbonyl (C=O) groups excluding carboxylic acids is 2. The molecule has 0 fully saturated rings. The van der Waals surface area contributed by atoms with E-state index in [0.717, 1.165) is 16.7 Å². The van der Waals surface area contributed by atoms with Gasteiger partial charge in [-0.3, -0.25) is 4.79 Å². The SMILES string of the molecule is O=C(CCCNC(=O)OCC1c2ccccc2-c2ccccc21)NCc1ccc(C(=O)O)cc1. The minimum absolute atomic E-state index is 0.00786. The van der Waals surface area contributed by atoms with Gasteiger partial charge in [-0.2, -0.15) is 0 Å². The van der Waals surface area contributed by atoms with Crippen LogP contribution in [0, 0.1) is 0 Å². The second-order valence-corrected chi connectivity index (χ2v) is 8.13. The molecule has 0 heterocycles. The van der Waals surface area contributed by atoms with Crippen LogP contribution < -0.4 is 10.6 Å². The van der Waals surface area contributed by atoms with E-state index in [2.05, 4.69) is 34.9 Å². The molecule has 4 rings (SSSR count). The van der Waals surface area contributed by atoms with Crippen LogP contribution in [-0.4, -0.2) is 36.2 Å². The molecule has 7 heteroatoms. The third-order valence-corrected chi connectivity index (χ3v) is 5.88. The number of hydrogen-bond acceptors (Lipinski definition) is 4. The van der Waals surface area contributed by atoms with Gasteiger partial charge in [0.2, 0.25) is 5.91 Å². The molecule has 1 aliphatic rings. The van der Waals surface area contributed by atoms with Gasteiger partial charge >= 0.3 is 12.1 Å². The number of nitrogens with one attached hydrogen (secondary N) is 2. The third-order valence-electron chi connectivity index (χ3n) is 5.88. The molecule has 0 radical (unpaired) electrons. The number of ether oxygens (including phenoxy) is 1. The highest BCUT2D eigenvalue weighted by Gasteiger charge is 2.28. The molecule has 174 valence electrons. The molecule has 0 bridgehead atoms. The summed E-state index contributed by atoms with van der Waals surface area (Å²) in [5.74, 6) is -1.12. The minimum atomic E-state index is -0.987. The van der Waals surface area contributed by atoms with Gasteiger partial charge in [-0.15, -0.1) is 0 Å². The average molecular weight is 459 g/mol. The van der Waals surface area contributed by atoms with E-state index in [1.165, 1.54) is 23.3 Å². The highest BCUT2D eigenvalue weighted by atomic mass is 16.5. The molecular weight excluding hydrogens is 432 g/mol. The molecule has 1 aliphatic carbocycles. The Hall–Kier alpha value is -4.13. The first kappa shape index (κ1) is 23.0. The Balaban J connectivity index is 1.16. The average Bonchev–Trinajstić information content (AvgIpc) is 3.18. The van der Waals surface area contributed by atoms with Crippen LogP contribution in [0.15, 0.2) is 72.8 Å². The van der Waals surface area contributed by atoms with Crippen molar-refractivity contribution < 1.29 is 24.2 Å². The van der Waals surface area contributed by atoms with Crippen molar-refractivity contribution in [3.8, 4) is 11.1 Å². The van der Waals surface area contributed by atoms with Gasteiger partial charge in [0.1, 0.15) is 6.61 Å². The highest BCUT2D eigenvalue weighted by Crippen LogP contribution is 2.44. The fraction of sp³-hybridized carbons (Fsp3) is 0.222. The smallest absolute Gasteiger partial charge is 0.407 e. The third kappa shape index (κ3) is 5.43. The lowest BCUT2D eigenvalue weighted by Crippen LogP contribution is -2.28. The molecule has 3 aromatic carbocycles. The predicted molar refractivity (Wildman–Crippen MR) is 128 cm³/mol. The molecule has 3 aromatic rings. The van der Waals surface area contributed by atoms with Crippen molar-refractivity contribution in [3.63, 3.8) is 0 Å². The number of rotatable bonds is 9. The summed E-state index contributed by atoms with van der Waals surface area (Å²) in [7, 11) is 0. The first-order valence-electron chi connectivity index (χ1n) is 11.2. The van der Waals surface area contributed by atoms with Crippen LogP contribution in [0.5, 0.6) is 0 Å². The van der Waals surface area contributed by atoms with Crippen LogP contribution in [0.2, 0.25) is 0 Å². The van der Waals surface area contributed by atoms with Gasteiger partial charge in [0.05, 0.1) is 5.56 Å². The van der Waals surface area contributed by atoms with Crippen LogP contribution in [0.1, 0.15) is 45.8 Å². The lowest BCUT2D eigenvalue weighted by molar-refractivity contribution is -0.121. The van der Waals surface area contributed by atoms with E-state index in [9.17, 15) is 14.4 Å². The summed E-state index contributed by atoms with van der Waals surface area (Å²) >= 11 is 0. The molecular formula is C27H26N2O5. The van der Waals surface area contributed by atoms with Crippen molar-refractivity contribution in [3.05, 3.63) is 95.1 Å². The van der Waals surface area contributed by atoms with Crippen molar-refractivity contribution in [1.29, 1.82) is 0 Å². The number of carboxylic acid groups (broad SMARTS) is 1. The van der Waals surface area contributed by atoms with E-state index >= 15 is 0 Å². The number of amides is 2. The summed E-state index contributed by atoms with van der Waals surface area (Å²) in [6.07, 6.45) is 0.242. The van der Waals surface area contributed by atoms with Gasteiger partial charge < -0.3 is 20.5 Å². The summed E-state index contributed by atoms with van der Waals surface area (Å²) in [5, 5.41) is 14.4. The van der Waals surface area contributed by atoms with Gasteiger partial charge in [-0.1, -0.05) is 60.7 Å². The predicted octanol–water partition coefficient (Wildman–Crippen LogP) is 4.32. The molecule has 34 heavy (non-hydrogen) atoms. The molecule has 2 amide bonds. The van der Waals surface area contributed by atoms with Crippen molar-refractivity contribution in [2.24, 2.45) is 0 Å². The fourth-order valence-corrected chi connectivity index (χ4v) is 4.14. The Bertz CT molecular complexity index is 1140. The summed E-state index contributed by atoms with van der Waals surface area (Å²) in [5.41, 5.74) is 5.69. The molecule has 0 atom stereocenters. The minimum Gasteiger partial charge on any atom is -0.478 e. The standard InChI is InChI=1S/C27H26N2O5/c30-25(29-16-18-11-13-19(14-12-18)26(31)32)10-5-15-28-27(33)34-17-24-22-8-3-1-6-20(22)21-7-2-4-9-23(21)24/h1-4,6-9,11-14,24H,5,10,15-17H2,(H,28,33)(H,29,30)(H,31,32). The van der Waals surface area contributed by atoms with Gasteiger partial charge in [-0.05, 0) is 46.4 Å². The van der Waals surface area contributed by atoms with Crippen molar-refractivity contribution >= 4 is 18.0 Å². The molecule has 3 N–H and O–H groups in total. The first-order chi connectivity index (χ1) is 16.5. The number of carboxylic acids is 1. The fourth-order valence-electron chi connectivity index (χ4n) is 4.14. The Morgan fingerprint density at radius 2 is 1.44 bits per heavy atom. The zero-order valence-electron chi connectivity index (χ0n) is 18.6. The summed E-state index contributed by atoms with van der Waals surface area (Å²) < 4.78 is 5.49. The molecule has 0 unspecified atom stereocenters. The highest BCUT2D eigenvalue weighted by molar-refractivity contribution is 5.87. The maximum Gasteiger partial charge on any atom is 0.407 e. The Morgan fingerprint density at radius 3 is 2.06 bits per heavy atom. The second-order valence-electron chi connectivity index (χ2n) is 8.13. The maximum atomic E-state index is 12.2. The number of aromatic carboxylic acids is 1. The number of carbonyl (C=O) groups is 3. The Labute approximate surface area is 197 Å². The molecule has 0 aromatic heterocycles. The Morgan fingerprint density at radius 1 is 0.824 bits per heavy atom. The summed E-state index contributed by atoms with van der Waals surface area (Å²) in [6, 6.07) is 22.7. The van der Waals surface area contributed by atoms with E-state index < -0.39 is 12.1 Å². The van der Waals surface area contributed by atoms with Gasteiger partial charge in [-0.25, -0.2) is 9.59 Å². The molecule has 0 spiro atoms. The topological polar surface area (TPSA) is 105 Å². The van der Waals surface area contributed by atoms with Crippen LogP contribution in [-0.2, 0) is 16.1 Å². The second kappa shape index (κ2) is 10.7. The Kier molecular flexibility index (Phi) is 7.22. The van der Waals surface area contributed by atoms with E-state index in [4.69, 9.17) is 9.84 Å². The van der Waals surface area contributed by atoms with E-state index in [0.29, 0.717) is 19.5 Å². The zero-order chi connectivity index (χ0) is 23.9. The molecule has 0 saturated heterocycles. The quantitative estimate of drug-likeness (QED) is 0.414. The monoisotopic (exact) mass is 458 g/mol.